The summed E-state index contributed by atoms with van der Waals surface area (Å²) in [5.41, 5.74) is 0.877. The number of carbonyl (C=O) groups is 1. The van der Waals surface area contributed by atoms with Gasteiger partial charge in [-0.2, -0.15) is 0 Å². The van der Waals surface area contributed by atoms with E-state index in [0.717, 1.165) is 25.2 Å². The number of benzene rings is 1. The lowest BCUT2D eigenvalue weighted by Gasteiger charge is -2.29. The van der Waals surface area contributed by atoms with E-state index in [4.69, 9.17) is 0 Å². The summed E-state index contributed by atoms with van der Waals surface area (Å²) < 4.78 is 0. The van der Waals surface area contributed by atoms with Gasteiger partial charge in [0.1, 0.15) is 0 Å². The van der Waals surface area contributed by atoms with Crippen LogP contribution in [0, 0.1) is 6.07 Å². The minimum absolute atomic E-state index is 0.813. The van der Waals surface area contributed by atoms with Crippen LogP contribution < -0.4 is 5.01 Å². The quantitative estimate of drug-likeness (QED) is 0.522. The lowest BCUT2D eigenvalue weighted by Crippen LogP contribution is -2.41. The van der Waals surface area contributed by atoms with E-state index in [1.54, 1.807) is 17.1 Å². The molecule has 1 aromatic carbocycles. The average molecular weight is 191 g/mol. The van der Waals surface area contributed by atoms with Crippen LogP contribution in [0.4, 0.5) is 5.69 Å². The number of anilines is 1. The molecule has 1 aromatic rings. The van der Waals surface area contributed by atoms with Crippen LogP contribution in [-0.4, -0.2) is 24.5 Å². The van der Waals surface area contributed by atoms with E-state index < -0.39 is 0 Å². The molecule has 1 radical (unpaired) electrons. The highest BCUT2D eigenvalue weighted by atomic mass is 16.1. The summed E-state index contributed by atoms with van der Waals surface area (Å²) in [5.74, 6) is 0. The maximum Gasteiger partial charge on any atom is 0.228 e. The Bertz CT molecular complexity index is 270. The van der Waals surface area contributed by atoms with Gasteiger partial charge in [0.15, 0.2) is 0 Å². The molecular formula is C11H15N2O. The van der Waals surface area contributed by atoms with Crippen LogP contribution in [0.1, 0.15) is 13.8 Å². The highest BCUT2D eigenvalue weighted by Gasteiger charge is 2.10. The largest absolute Gasteiger partial charge is 0.277 e. The SMILES string of the molecule is CCN(CC)N(C=O)c1cc[c]cc1. The van der Waals surface area contributed by atoms with Gasteiger partial charge in [-0.1, -0.05) is 26.0 Å². The van der Waals surface area contributed by atoms with Gasteiger partial charge in [-0.3, -0.25) is 4.79 Å². The van der Waals surface area contributed by atoms with Gasteiger partial charge in [-0.15, -0.1) is 0 Å². The summed E-state index contributed by atoms with van der Waals surface area (Å²) in [6.45, 7) is 5.67. The molecule has 0 bridgehead atoms. The van der Waals surface area contributed by atoms with Crippen molar-refractivity contribution in [2.45, 2.75) is 13.8 Å². The molecule has 14 heavy (non-hydrogen) atoms. The average Bonchev–Trinajstić information content (AvgIpc) is 2.27. The van der Waals surface area contributed by atoms with Crippen molar-refractivity contribution >= 4 is 12.1 Å². The molecule has 0 unspecified atom stereocenters. The Morgan fingerprint density at radius 3 is 2.29 bits per heavy atom. The second-order valence-corrected chi connectivity index (χ2v) is 2.85. The van der Waals surface area contributed by atoms with Crippen LogP contribution >= 0.6 is 0 Å². The van der Waals surface area contributed by atoms with Crippen molar-refractivity contribution in [3.8, 4) is 0 Å². The Balaban J connectivity index is 2.86. The molecule has 0 aromatic heterocycles. The number of nitrogens with zero attached hydrogens (tertiary/aromatic N) is 2. The van der Waals surface area contributed by atoms with Gasteiger partial charge < -0.3 is 0 Å². The smallest absolute Gasteiger partial charge is 0.228 e. The van der Waals surface area contributed by atoms with E-state index in [-0.39, 0.29) is 0 Å². The second-order valence-electron chi connectivity index (χ2n) is 2.85. The molecular weight excluding hydrogens is 176 g/mol. The first-order chi connectivity index (χ1) is 6.83. The lowest BCUT2D eigenvalue weighted by atomic mass is 10.3. The molecule has 0 saturated heterocycles. The summed E-state index contributed by atoms with van der Waals surface area (Å²) in [5, 5.41) is 3.58. The first-order valence-electron chi connectivity index (χ1n) is 4.79. The van der Waals surface area contributed by atoms with Gasteiger partial charge in [0.05, 0.1) is 5.69 Å². The van der Waals surface area contributed by atoms with Crippen LogP contribution in [0.5, 0.6) is 0 Å². The summed E-state index contributed by atoms with van der Waals surface area (Å²) in [6, 6.07) is 10.3. The maximum atomic E-state index is 10.9. The van der Waals surface area contributed by atoms with Crippen LogP contribution in [0.25, 0.3) is 0 Å². The summed E-state index contributed by atoms with van der Waals surface area (Å²) in [4.78, 5) is 10.9. The number of rotatable bonds is 5. The van der Waals surface area contributed by atoms with E-state index in [9.17, 15) is 4.79 Å². The van der Waals surface area contributed by atoms with Gasteiger partial charge in [-0.05, 0) is 18.2 Å². The van der Waals surface area contributed by atoms with Crippen LogP contribution in [-0.2, 0) is 4.79 Å². The number of hydrogen-bond donors (Lipinski definition) is 0. The van der Waals surface area contributed by atoms with Gasteiger partial charge in [-0.25, -0.2) is 10.0 Å². The molecule has 0 heterocycles. The zero-order valence-electron chi connectivity index (χ0n) is 8.60. The molecule has 1 rings (SSSR count). The van der Waals surface area contributed by atoms with Crippen molar-refractivity contribution in [1.82, 2.24) is 5.01 Å². The predicted molar refractivity (Wildman–Crippen MR) is 56.7 cm³/mol. The lowest BCUT2D eigenvalue weighted by molar-refractivity contribution is -0.110. The molecule has 0 fully saturated rings. The first-order valence-corrected chi connectivity index (χ1v) is 4.79. The highest BCUT2D eigenvalue weighted by Crippen LogP contribution is 2.13. The van der Waals surface area contributed by atoms with Crippen molar-refractivity contribution in [3.05, 3.63) is 30.3 Å². The summed E-state index contributed by atoms with van der Waals surface area (Å²) in [7, 11) is 0. The monoisotopic (exact) mass is 191 g/mol. The molecule has 0 aliphatic rings. The van der Waals surface area contributed by atoms with Crippen molar-refractivity contribution in [3.63, 3.8) is 0 Å². The zero-order chi connectivity index (χ0) is 10.4. The number of carbonyl (C=O) groups excluding carboxylic acids is 1. The van der Waals surface area contributed by atoms with Crippen molar-refractivity contribution in [2.75, 3.05) is 18.1 Å². The zero-order valence-corrected chi connectivity index (χ0v) is 8.60. The molecule has 0 atom stereocenters. The molecule has 0 spiro atoms. The van der Waals surface area contributed by atoms with Gasteiger partial charge >= 0.3 is 0 Å². The van der Waals surface area contributed by atoms with Crippen LogP contribution in [0.2, 0.25) is 0 Å². The minimum Gasteiger partial charge on any atom is -0.277 e. The third-order valence-electron chi connectivity index (χ3n) is 2.10. The molecule has 0 N–H and O–H groups in total. The fourth-order valence-electron chi connectivity index (χ4n) is 1.35. The Hall–Kier alpha value is -1.35. The predicted octanol–water partition coefficient (Wildman–Crippen LogP) is 1.71. The fourth-order valence-corrected chi connectivity index (χ4v) is 1.35. The summed E-state index contributed by atoms with van der Waals surface area (Å²) in [6.07, 6.45) is 0.836. The molecule has 1 amide bonds. The molecule has 3 nitrogen and oxygen atoms in total. The Morgan fingerprint density at radius 1 is 1.29 bits per heavy atom. The highest BCUT2D eigenvalue weighted by molar-refractivity contribution is 5.73. The van der Waals surface area contributed by atoms with Gasteiger partial charge in [0.25, 0.3) is 0 Å². The standard InChI is InChI=1S/C11H15N2O/c1-3-12(4-2)13(10-14)11-8-6-5-7-9-11/h6-10H,3-4H2,1-2H3. The van der Waals surface area contributed by atoms with Gasteiger partial charge in [0.2, 0.25) is 6.41 Å². The van der Waals surface area contributed by atoms with Gasteiger partial charge in [0, 0.05) is 13.1 Å². The maximum absolute atomic E-state index is 10.9. The summed E-state index contributed by atoms with van der Waals surface area (Å²) >= 11 is 0. The van der Waals surface area contributed by atoms with E-state index >= 15 is 0 Å². The molecule has 0 aliphatic carbocycles. The number of amides is 1. The molecule has 3 heteroatoms. The third kappa shape index (κ3) is 2.33. The topological polar surface area (TPSA) is 23.6 Å². The Labute approximate surface area is 84.9 Å². The van der Waals surface area contributed by atoms with E-state index in [2.05, 4.69) is 6.07 Å². The Kier molecular flexibility index (Phi) is 4.13. The van der Waals surface area contributed by atoms with Crippen molar-refractivity contribution < 1.29 is 4.79 Å². The molecule has 0 aliphatic heterocycles. The van der Waals surface area contributed by atoms with E-state index in [0.29, 0.717) is 0 Å². The number of hydrazine groups is 1. The van der Waals surface area contributed by atoms with Crippen LogP contribution in [0.15, 0.2) is 24.3 Å². The van der Waals surface area contributed by atoms with E-state index in [1.165, 1.54) is 0 Å². The van der Waals surface area contributed by atoms with Crippen molar-refractivity contribution in [1.29, 1.82) is 0 Å². The third-order valence-corrected chi connectivity index (χ3v) is 2.10. The minimum atomic E-state index is 0.813. The molecule has 0 saturated carbocycles. The molecule has 75 valence electrons. The Morgan fingerprint density at radius 2 is 1.86 bits per heavy atom. The fraction of sp³-hybridized carbons (Fsp3) is 0.364. The van der Waals surface area contributed by atoms with E-state index in [1.807, 2.05) is 31.0 Å². The van der Waals surface area contributed by atoms with Crippen LogP contribution in [0.3, 0.4) is 0 Å². The van der Waals surface area contributed by atoms with Crippen molar-refractivity contribution in [2.24, 2.45) is 0 Å². The first kappa shape index (κ1) is 10.7. The number of hydrogen-bond acceptors (Lipinski definition) is 2. The normalized spacial score (nSPS) is 10.2. The second kappa shape index (κ2) is 5.40.